The van der Waals surface area contributed by atoms with Crippen LogP contribution in [0.5, 0.6) is 11.5 Å². The first-order valence-corrected chi connectivity index (χ1v) is 10.6. The Bertz CT molecular complexity index is 1030. The number of ether oxygens (including phenoxy) is 2. The number of hydrogen-bond acceptors (Lipinski definition) is 6. The number of carbonyl (C=O) groups excluding carboxylic acids is 2. The van der Waals surface area contributed by atoms with Gasteiger partial charge in [-0.25, -0.2) is 0 Å². The van der Waals surface area contributed by atoms with E-state index in [9.17, 15) is 14.7 Å². The Morgan fingerprint density at radius 3 is 2.38 bits per heavy atom. The fourth-order valence-corrected chi connectivity index (χ4v) is 3.76. The number of likely N-dealkylation sites (N-methyl/N-ethyl adjacent to an activating group) is 1. The summed E-state index contributed by atoms with van der Waals surface area (Å²) < 4.78 is 11.1. The highest BCUT2D eigenvalue weighted by atomic mass is 16.5. The zero-order valence-electron chi connectivity index (χ0n) is 19.2. The Kier molecular flexibility index (Phi) is 7.20. The van der Waals surface area contributed by atoms with E-state index in [1.807, 2.05) is 45.0 Å². The van der Waals surface area contributed by atoms with E-state index in [0.29, 0.717) is 42.3 Å². The van der Waals surface area contributed by atoms with Gasteiger partial charge in [0.2, 0.25) is 0 Å². The molecule has 1 aliphatic rings. The van der Waals surface area contributed by atoms with Gasteiger partial charge in [-0.3, -0.25) is 9.59 Å². The molecule has 1 aliphatic heterocycles. The summed E-state index contributed by atoms with van der Waals surface area (Å²) in [6, 6.07) is 11.8. The molecule has 1 saturated heterocycles. The van der Waals surface area contributed by atoms with Crippen LogP contribution in [0.1, 0.15) is 29.7 Å². The number of methoxy groups -OCH3 is 1. The van der Waals surface area contributed by atoms with Gasteiger partial charge in [-0.05, 0) is 45.6 Å². The molecule has 7 heteroatoms. The highest BCUT2D eigenvalue weighted by Crippen LogP contribution is 2.41. The van der Waals surface area contributed by atoms with Gasteiger partial charge in [0.15, 0.2) is 11.5 Å². The molecule has 0 spiro atoms. The smallest absolute Gasteiger partial charge is 0.295 e. The van der Waals surface area contributed by atoms with Crippen molar-refractivity contribution in [3.8, 4) is 11.5 Å². The second-order valence-electron chi connectivity index (χ2n) is 8.01. The Labute approximate surface area is 188 Å². The van der Waals surface area contributed by atoms with Crippen molar-refractivity contribution in [3.63, 3.8) is 0 Å². The summed E-state index contributed by atoms with van der Waals surface area (Å²) in [6.07, 6.45) is 0. The molecular weight excluding hydrogens is 408 g/mol. The Balaban J connectivity index is 2.16. The van der Waals surface area contributed by atoms with E-state index in [1.54, 1.807) is 30.3 Å². The first-order chi connectivity index (χ1) is 15.3. The van der Waals surface area contributed by atoms with Crippen LogP contribution in [0.3, 0.4) is 0 Å². The van der Waals surface area contributed by atoms with Crippen molar-refractivity contribution in [2.75, 3.05) is 40.9 Å². The fourth-order valence-electron chi connectivity index (χ4n) is 3.76. The second kappa shape index (κ2) is 9.87. The molecule has 0 radical (unpaired) electrons. The fraction of sp³-hybridized carbons (Fsp3) is 0.360. The minimum Gasteiger partial charge on any atom is -0.507 e. The number of benzene rings is 2. The molecule has 1 heterocycles. The van der Waals surface area contributed by atoms with Crippen molar-refractivity contribution in [3.05, 3.63) is 64.7 Å². The van der Waals surface area contributed by atoms with Crippen LogP contribution in [-0.4, -0.2) is 67.5 Å². The molecule has 0 unspecified atom stereocenters. The lowest BCUT2D eigenvalue weighted by Gasteiger charge is -2.27. The van der Waals surface area contributed by atoms with Gasteiger partial charge in [0.05, 0.1) is 25.3 Å². The third-order valence-electron chi connectivity index (χ3n) is 5.46. The summed E-state index contributed by atoms with van der Waals surface area (Å²) in [7, 11) is 5.34. The predicted octanol–water partition coefficient (Wildman–Crippen LogP) is 3.39. The van der Waals surface area contributed by atoms with Crippen LogP contribution in [0.4, 0.5) is 0 Å². The quantitative estimate of drug-likeness (QED) is 0.387. The van der Waals surface area contributed by atoms with Crippen molar-refractivity contribution < 1.29 is 24.2 Å². The van der Waals surface area contributed by atoms with Crippen LogP contribution >= 0.6 is 0 Å². The summed E-state index contributed by atoms with van der Waals surface area (Å²) in [5.41, 5.74) is 2.26. The molecule has 1 fully saturated rings. The van der Waals surface area contributed by atoms with Crippen molar-refractivity contribution >= 4 is 17.4 Å². The maximum atomic E-state index is 13.1. The molecule has 2 aromatic rings. The Morgan fingerprint density at radius 1 is 1.09 bits per heavy atom. The lowest BCUT2D eigenvalue weighted by molar-refractivity contribution is -0.140. The predicted molar refractivity (Wildman–Crippen MR) is 123 cm³/mol. The number of aliphatic hydroxyl groups excluding tert-OH is 1. The molecule has 0 saturated carbocycles. The molecule has 7 nitrogen and oxygen atoms in total. The molecule has 0 aliphatic carbocycles. The number of carbonyl (C=O) groups is 2. The standard InChI is InChI=1S/C25H30N2O5/c1-6-32-19-12-11-18(15-20(19)31-5)22-21(23(28)17-9-7-16(2)8-10-17)24(29)25(30)27(22)14-13-26(3)4/h7-12,15,22,28H,6,13-14H2,1-5H3/b23-21+/t22-/m1/s1. The van der Waals surface area contributed by atoms with Gasteiger partial charge in [-0.15, -0.1) is 0 Å². The number of amides is 1. The van der Waals surface area contributed by atoms with Crippen LogP contribution in [0.15, 0.2) is 48.0 Å². The highest BCUT2D eigenvalue weighted by Gasteiger charge is 2.46. The molecule has 1 atom stereocenters. The lowest BCUT2D eigenvalue weighted by Crippen LogP contribution is -2.35. The lowest BCUT2D eigenvalue weighted by atomic mass is 9.94. The van der Waals surface area contributed by atoms with E-state index in [1.165, 1.54) is 12.0 Å². The number of likely N-dealkylation sites (tertiary alicyclic amines) is 1. The third-order valence-corrected chi connectivity index (χ3v) is 5.46. The van der Waals surface area contributed by atoms with Gasteiger partial charge in [0.1, 0.15) is 5.76 Å². The SMILES string of the molecule is CCOc1ccc([C@@H]2/C(=C(\O)c3ccc(C)cc3)C(=O)C(=O)N2CCN(C)C)cc1OC. The highest BCUT2D eigenvalue weighted by molar-refractivity contribution is 6.46. The van der Waals surface area contributed by atoms with Gasteiger partial charge in [-0.1, -0.05) is 35.9 Å². The molecule has 0 bridgehead atoms. The van der Waals surface area contributed by atoms with E-state index in [2.05, 4.69) is 0 Å². The monoisotopic (exact) mass is 438 g/mol. The van der Waals surface area contributed by atoms with Crippen molar-refractivity contribution in [1.82, 2.24) is 9.80 Å². The number of aryl methyl sites for hydroxylation is 1. The zero-order chi connectivity index (χ0) is 23.4. The molecule has 1 amide bonds. The summed E-state index contributed by atoms with van der Waals surface area (Å²) in [4.78, 5) is 29.5. The second-order valence-corrected chi connectivity index (χ2v) is 8.01. The molecule has 2 aromatic carbocycles. The van der Waals surface area contributed by atoms with Crippen molar-refractivity contribution in [1.29, 1.82) is 0 Å². The summed E-state index contributed by atoms with van der Waals surface area (Å²) >= 11 is 0. The minimum atomic E-state index is -0.735. The van der Waals surface area contributed by atoms with Gasteiger partial charge >= 0.3 is 0 Å². The first-order valence-electron chi connectivity index (χ1n) is 10.6. The van der Waals surface area contributed by atoms with E-state index in [-0.39, 0.29) is 11.3 Å². The molecule has 0 aromatic heterocycles. The molecule has 1 N–H and O–H groups in total. The molecule has 32 heavy (non-hydrogen) atoms. The number of Topliss-reactive ketones (excluding diaryl/α,β-unsaturated/α-hetero) is 1. The van der Waals surface area contributed by atoms with Crippen LogP contribution in [-0.2, 0) is 9.59 Å². The van der Waals surface area contributed by atoms with Crippen LogP contribution < -0.4 is 9.47 Å². The minimum absolute atomic E-state index is 0.0730. The van der Waals surface area contributed by atoms with Crippen molar-refractivity contribution in [2.24, 2.45) is 0 Å². The average molecular weight is 439 g/mol. The van der Waals surface area contributed by atoms with Gasteiger partial charge in [0, 0.05) is 18.7 Å². The zero-order valence-corrected chi connectivity index (χ0v) is 19.2. The van der Waals surface area contributed by atoms with Gasteiger partial charge < -0.3 is 24.4 Å². The number of rotatable bonds is 8. The molecule has 170 valence electrons. The van der Waals surface area contributed by atoms with Crippen LogP contribution in [0.25, 0.3) is 5.76 Å². The Hall–Kier alpha value is -3.32. The molecule has 3 rings (SSSR count). The third kappa shape index (κ3) is 4.62. The van der Waals surface area contributed by atoms with Crippen LogP contribution in [0, 0.1) is 6.92 Å². The van der Waals surface area contributed by atoms with E-state index < -0.39 is 17.7 Å². The van der Waals surface area contributed by atoms with E-state index in [4.69, 9.17) is 9.47 Å². The molecular formula is C25H30N2O5. The number of hydrogen-bond donors (Lipinski definition) is 1. The maximum Gasteiger partial charge on any atom is 0.295 e. The Morgan fingerprint density at radius 2 is 1.78 bits per heavy atom. The average Bonchev–Trinajstić information content (AvgIpc) is 3.03. The van der Waals surface area contributed by atoms with E-state index >= 15 is 0 Å². The van der Waals surface area contributed by atoms with Gasteiger partial charge in [-0.2, -0.15) is 0 Å². The number of nitrogens with zero attached hydrogens (tertiary/aromatic N) is 2. The summed E-state index contributed by atoms with van der Waals surface area (Å²) in [6.45, 7) is 5.20. The number of ketones is 1. The summed E-state index contributed by atoms with van der Waals surface area (Å²) in [5, 5.41) is 11.1. The van der Waals surface area contributed by atoms with Gasteiger partial charge in [0.25, 0.3) is 11.7 Å². The largest absolute Gasteiger partial charge is 0.507 e. The van der Waals surface area contributed by atoms with E-state index in [0.717, 1.165) is 5.56 Å². The normalized spacial score (nSPS) is 17.8. The first kappa shape index (κ1) is 23.3. The summed E-state index contributed by atoms with van der Waals surface area (Å²) in [5.74, 6) is -0.438. The number of aliphatic hydroxyl groups is 1. The topological polar surface area (TPSA) is 79.3 Å². The maximum absolute atomic E-state index is 13.1. The van der Waals surface area contributed by atoms with Crippen LogP contribution in [0.2, 0.25) is 0 Å². The van der Waals surface area contributed by atoms with Crippen molar-refractivity contribution in [2.45, 2.75) is 19.9 Å².